The van der Waals surface area contributed by atoms with E-state index in [-0.39, 0.29) is 6.03 Å². The summed E-state index contributed by atoms with van der Waals surface area (Å²) in [5.41, 5.74) is 2.28. The number of carbonyl (C=O) groups excluding carboxylic acids is 1. The molecule has 0 radical (unpaired) electrons. The van der Waals surface area contributed by atoms with E-state index >= 15 is 0 Å². The van der Waals surface area contributed by atoms with Gasteiger partial charge < -0.3 is 20.1 Å². The minimum absolute atomic E-state index is 0.315. The molecule has 1 aromatic heterocycles. The van der Waals surface area contributed by atoms with Gasteiger partial charge in [0.1, 0.15) is 11.5 Å². The highest BCUT2D eigenvalue weighted by atomic mass is 32.2. The standard InChI is InChI=1S/C23H21N3O3S2/c1-28-19-9-5-6-16(14-19)24-22(27)25-17-10-11-20-21(15-17)31-23(26-20)30-13-12-29-18-7-3-2-4-8-18/h2-11,14-15H,12-13H2,1H3,(H2,24,25,27). The maximum Gasteiger partial charge on any atom is 0.323 e. The summed E-state index contributed by atoms with van der Waals surface area (Å²) in [6.45, 7) is 0.613. The van der Waals surface area contributed by atoms with Gasteiger partial charge in [0.2, 0.25) is 0 Å². The lowest BCUT2D eigenvalue weighted by Crippen LogP contribution is -2.19. The van der Waals surface area contributed by atoms with Gasteiger partial charge in [0.15, 0.2) is 4.34 Å². The van der Waals surface area contributed by atoms with Crippen molar-refractivity contribution >= 4 is 50.7 Å². The second-order valence-corrected chi connectivity index (χ2v) is 8.86. The Labute approximate surface area is 188 Å². The van der Waals surface area contributed by atoms with Crippen LogP contribution >= 0.6 is 23.1 Å². The molecular weight excluding hydrogens is 430 g/mol. The molecule has 0 aliphatic carbocycles. The molecule has 4 rings (SSSR count). The van der Waals surface area contributed by atoms with Crippen molar-refractivity contribution in [3.63, 3.8) is 0 Å². The fraction of sp³-hybridized carbons (Fsp3) is 0.130. The lowest BCUT2D eigenvalue weighted by molar-refractivity contribution is 0.262. The number of nitrogens with one attached hydrogen (secondary N) is 2. The number of para-hydroxylation sites is 1. The summed E-state index contributed by atoms with van der Waals surface area (Å²) in [4.78, 5) is 17.0. The van der Waals surface area contributed by atoms with Crippen molar-refractivity contribution in [3.05, 3.63) is 72.8 Å². The lowest BCUT2D eigenvalue weighted by Gasteiger charge is -2.08. The van der Waals surface area contributed by atoms with Crippen molar-refractivity contribution in [2.45, 2.75) is 4.34 Å². The minimum atomic E-state index is -0.315. The van der Waals surface area contributed by atoms with E-state index in [0.717, 1.165) is 26.1 Å². The zero-order valence-electron chi connectivity index (χ0n) is 16.8. The summed E-state index contributed by atoms with van der Waals surface area (Å²) in [5, 5.41) is 5.67. The Morgan fingerprint density at radius 2 is 1.74 bits per heavy atom. The number of thioether (sulfide) groups is 1. The van der Waals surface area contributed by atoms with Crippen molar-refractivity contribution in [1.82, 2.24) is 4.98 Å². The summed E-state index contributed by atoms with van der Waals surface area (Å²) < 4.78 is 12.9. The molecule has 3 aromatic carbocycles. The van der Waals surface area contributed by atoms with E-state index in [2.05, 4.69) is 15.6 Å². The second-order valence-electron chi connectivity index (χ2n) is 6.48. The quantitative estimate of drug-likeness (QED) is 0.249. The van der Waals surface area contributed by atoms with Gasteiger partial charge in [0.05, 0.1) is 23.9 Å². The average molecular weight is 452 g/mol. The maximum atomic E-state index is 12.3. The summed E-state index contributed by atoms with van der Waals surface area (Å²) in [7, 11) is 1.59. The molecule has 0 saturated carbocycles. The molecular formula is C23H21N3O3S2. The molecule has 0 fully saturated rings. The first-order valence-corrected chi connectivity index (χ1v) is 11.4. The van der Waals surface area contributed by atoms with E-state index in [4.69, 9.17) is 9.47 Å². The van der Waals surface area contributed by atoms with Crippen molar-refractivity contribution in [3.8, 4) is 11.5 Å². The monoisotopic (exact) mass is 451 g/mol. The molecule has 2 amide bonds. The summed E-state index contributed by atoms with van der Waals surface area (Å²) in [6.07, 6.45) is 0. The zero-order chi connectivity index (χ0) is 21.5. The molecule has 0 atom stereocenters. The highest BCUT2D eigenvalue weighted by Gasteiger charge is 2.08. The molecule has 0 saturated heterocycles. The number of benzene rings is 3. The van der Waals surface area contributed by atoms with Crippen molar-refractivity contribution in [2.75, 3.05) is 30.1 Å². The van der Waals surface area contributed by atoms with Crippen molar-refractivity contribution in [2.24, 2.45) is 0 Å². The number of urea groups is 1. The molecule has 8 heteroatoms. The smallest absolute Gasteiger partial charge is 0.323 e. The van der Waals surface area contributed by atoms with Gasteiger partial charge >= 0.3 is 6.03 Å². The van der Waals surface area contributed by atoms with Crippen molar-refractivity contribution < 1.29 is 14.3 Å². The van der Waals surface area contributed by atoms with Gasteiger partial charge in [-0.25, -0.2) is 9.78 Å². The number of anilines is 2. The van der Waals surface area contributed by atoms with Gasteiger partial charge in [0, 0.05) is 23.2 Å². The van der Waals surface area contributed by atoms with E-state index in [1.807, 2.05) is 60.7 Å². The third kappa shape index (κ3) is 5.90. The Hall–Kier alpha value is -3.23. The number of hydrogen-bond acceptors (Lipinski definition) is 6. The Kier molecular flexibility index (Phi) is 6.91. The van der Waals surface area contributed by atoms with Gasteiger partial charge in [-0.2, -0.15) is 0 Å². The van der Waals surface area contributed by atoms with Gasteiger partial charge in [-0.15, -0.1) is 11.3 Å². The molecule has 6 nitrogen and oxygen atoms in total. The largest absolute Gasteiger partial charge is 0.497 e. The van der Waals surface area contributed by atoms with E-state index in [1.54, 1.807) is 42.3 Å². The molecule has 158 valence electrons. The normalized spacial score (nSPS) is 10.6. The fourth-order valence-corrected chi connectivity index (χ4v) is 4.84. The zero-order valence-corrected chi connectivity index (χ0v) is 18.5. The molecule has 0 spiro atoms. The molecule has 0 aliphatic heterocycles. The minimum Gasteiger partial charge on any atom is -0.497 e. The average Bonchev–Trinajstić information content (AvgIpc) is 3.19. The third-order valence-electron chi connectivity index (χ3n) is 4.28. The Balaban J connectivity index is 1.32. The van der Waals surface area contributed by atoms with Gasteiger partial charge in [0.25, 0.3) is 0 Å². The first-order valence-electron chi connectivity index (χ1n) is 9.63. The molecule has 1 heterocycles. The van der Waals surface area contributed by atoms with Gasteiger partial charge in [-0.3, -0.25) is 0 Å². The van der Waals surface area contributed by atoms with Crippen LogP contribution in [0.1, 0.15) is 0 Å². The molecule has 0 unspecified atom stereocenters. The molecule has 2 N–H and O–H groups in total. The van der Waals surface area contributed by atoms with Crippen LogP contribution in [0.25, 0.3) is 10.2 Å². The predicted molar refractivity (Wildman–Crippen MR) is 128 cm³/mol. The lowest BCUT2D eigenvalue weighted by atomic mass is 10.3. The molecule has 4 aromatic rings. The second kappa shape index (κ2) is 10.2. The van der Waals surface area contributed by atoms with Crippen molar-refractivity contribution in [1.29, 1.82) is 0 Å². The van der Waals surface area contributed by atoms with E-state index in [9.17, 15) is 4.79 Å². The van der Waals surface area contributed by atoms with Crippen LogP contribution in [-0.4, -0.2) is 30.5 Å². The topological polar surface area (TPSA) is 72.5 Å². The first kappa shape index (κ1) is 21.0. The van der Waals surface area contributed by atoms with Crippen LogP contribution in [0.15, 0.2) is 77.1 Å². The number of amides is 2. The van der Waals surface area contributed by atoms with E-state index in [0.29, 0.717) is 23.7 Å². The Morgan fingerprint density at radius 3 is 2.55 bits per heavy atom. The van der Waals surface area contributed by atoms with Crippen LogP contribution in [0, 0.1) is 0 Å². The third-order valence-corrected chi connectivity index (χ3v) is 6.40. The summed E-state index contributed by atoms with van der Waals surface area (Å²) in [6, 6.07) is 22.4. The Morgan fingerprint density at radius 1 is 0.968 bits per heavy atom. The summed E-state index contributed by atoms with van der Waals surface area (Å²) >= 11 is 3.26. The number of carbonyl (C=O) groups is 1. The maximum absolute atomic E-state index is 12.3. The van der Waals surface area contributed by atoms with Gasteiger partial charge in [-0.05, 0) is 42.5 Å². The number of ether oxygens (including phenoxy) is 2. The number of fused-ring (bicyclic) bond motifs is 1. The van der Waals surface area contributed by atoms with E-state index < -0.39 is 0 Å². The molecule has 0 bridgehead atoms. The highest BCUT2D eigenvalue weighted by Crippen LogP contribution is 2.31. The summed E-state index contributed by atoms with van der Waals surface area (Å²) in [5.74, 6) is 2.36. The molecule has 31 heavy (non-hydrogen) atoms. The van der Waals surface area contributed by atoms with Gasteiger partial charge in [-0.1, -0.05) is 36.0 Å². The van der Waals surface area contributed by atoms with Crippen LogP contribution in [0.2, 0.25) is 0 Å². The van der Waals surface area contributed by atoms with Crippen LogP contribution in [0.3, 0.4) is 0 Å². The fourth-order valence-electron chi connectivity index (χ4n) is 2.84. The number of hydrogen-bond donors (Lipinski definition) is 2. The number of nitrogens with zero attached hydrogens (tertiary/aromatic N) is 1. The van der Waals surface area contributed by atoms with Crippen LogP contribution < -0.4 is 20.1 Å². The van der Waals surface area contributed by atoms with Crippen LogP contribution in [0.4, 0.5) is 16.2 Å². The number of methoxy groups -OCH3 is 1. The van der Waals surface area contributed by atoms with Crippen LogP contribution in [-0.2, 0) is 0 Å². The number of aromatic nitrogens is 1. The first-order chi connectivity index (χ1) is 15.2. The predicted octanol–water partition coefficient (Wildman–Crippen LogP) is 6.12. The van der Waals surface area contributed by atoms with E-state index in [1.165, 1.54) is 0 Å². The highest BCUT2D eigenvalue weighted by molar-refractivity contribution is 8.01. The SMILES string of the molecule is COc1cccc(NC(=O)Nc2ccc3nc(SCCOc4ccccc4)sc3c2)c1. The number of thiazole rings is 1. The Bertz CT molecular complexity index is 1170. The molecule has 0 aliphatic rings. The van der Waals surface area contributed by atoms with Crippen LogP contribution in [0.5, 0.6) is 11.5 Å². The number of rotatable bonds is 8.